The van der Waals surface area contributed by atoms with Crippen molar-refractivity contribution in [3.05, 3.63) is 29.0 Å². The van der Waals surface area contributed by atoms with E-state index in [0.29, 0.717) is 5.92 Å². The SMILES string of the molecule is CC1CCCC(N)(c2nc3ccc(F)cc3s2)C1. The highest BCUT2D eigenvalue weighted by molar-refractivity contribution is 7.18. The van der Waals surface area contributed by atoms with E-state index in [0.717, 1.165) is 34.5 Å². The Morgan fingerprint density at radius 3 is 3.11 bits per heavy atom. The van der Waals surface area contributed by atoms with Gasteiger partial charge >= 0.3 is 0 Å². The van der Waals surface area contributed by atoms with Crippen LogP contribution in [0.3, 0.4) is 0 Å². The summed E-state index contributed by atoms with van der Waals surface area (Å²) in [5.41, 5.74) is 7.08. The van der Waals surface area contributed by atoms with Gasteiger partial charge in [0.25, 0.3) is 0 Å². The van der Waals surface area contributed by atoms with Gasteiger partial charge in [-0.1, -0.05) is 19.8 Å². The minimum absolute atomic E-state index is 0.208. The molecule has 0 amide bonds. The predicted molar refractivity (Wildman–Crippen MR) is 73.1 cm³/mol. The quantitative estimate of drug-likeness (QED) is 0.851. The van der Waals surface area contributed by atoms with Gasteiger partial charge in [-0.15, -0.1) is 11.3 Å². The van der Waals surface area contributed by atoms with Gasteiger partial charge in [0.1, 0.15) is 10.8 Å². The first-order valence-electron chi connectivity index (χ1n) is 6.42. The number of fused-ring (bicyclic) bond motifs is 1. The van der Waals surface area contributed by atoms with Crippen LogP contribution in [0.4, 0.5) is 4.39 Å². The van der Waals surface area contributed by atoms with Crippen LogP contribution in [-0.4, -0.2) is 4.98 Å². The van der Waals surface area contributed by atoms with Crippen LogP contribution < -0.4 is 5.73 Å². The molecular formula is C14H17FN2S. The summed E-state index contributed by atoms with van der Waals surface area (Å²) >= 11 is 1.54. The lowest BCUT2D eigenvalue weighted by atomic mass is 9.77. The average Bonchev–Trinajstić information content (AvgIpc) is 2.72. The van der Waals surface area contributed by atoms with Crippen molar-refractivity contribution in [3.8, 4) is 0 Å². The highest BCUT2D eigenvalue weighted by Crippen LogP contribution is 2.40. The largest absolute Gasteiger partial charge is 0.319 e. The van der Waals surface area contributed by atoms with Gasteiger partial charge in [0.05, 0.1) is 15.8 Å². The second kappa shape index (κ2) is 4.28. The fraction of sp³-hybridized carbons (Fsp3) is 0.500. The van der Waals surface area contributed by atoms with E-state index in [1.807, 2.05) is 0 Å². The third-order valence-electron chi connectivity index (χ3n) is 3.81. The van der Waals surface area contributed by atoms with E-state index in [2.05, 4.69) is 11.9 Å². The average molecular weight is 264 g/mol. The normalized spacial score (nSPS) is 28.7. The Hall–Kier alpha value is -1.000. The number of hydrogen-bond donors (Lipinski definition) is 1. The van der Waals surface area contributed by atoms with Crippen molar-refractivity contribution < 1.29 is 4.39 Å². The summed E-state index contributed by atoms with van der Waals surface area (Å²) in [4.78, 5) is 4.61. The summed E-state index contributed by atoms with van der Waals surface area (Å²) in [7, 11) is 0. The zero-order valence-corrected chi connectivity index (χ0v) is 11.3. The standard InChI is InChI=1S/C14H17FN2S/c1-9-3-2-6-14(16,8-9)13-17-11-5-4-10(15)7-12(11)18-13/h4-5,7,9H,2-3,6,8,16H2,1H3. The minimum atomic E-state index is -0.308. The molecule has 2 atom stereocenters. The second-order valence-corrected chi connectivity index (χ2v) is 6.52. The molecule has 0 spiro atoms. The van der Waals surface area contributed by atoms with Gasteiger partial charge < -0.3 is 5.73 Å². The second-order valence-electron chi connectivity index (χ2n) is 5.49. The summed E-state index contributed by atoms with van der Waals surface area (Å²) in [6.45, 7) is 2.24. The van der Waals surface area contributed by atoms with Gasteiger partial charge in [-0.2, -0.15) is 0 Å². The van der Waals surface area contributed by atoms with Crippen molar-refractivity contribution >= 4 is 21.6 Å². The Morgan fingerprint density at radius 2 is 2.33 bits per heavy atom. The Kier molecular flexibility index (Phi) is 2.87. The summed E-state index contributed by atoms with van der Waals surface area (Å²) < 4.78 is 14.1. The minimum Gasteiger partial charge on any atom is -0.319 e. The maximum atomic E-state index is 13.2. The molecule has 0 radical (unpaired) electrons. The number of thiazole rings is 1. The molecule has 4 heteroatoms. The van der Waals surface area contributed by atoms with Crippen LogP contribution in [0.5, 0.6) is 0 Å². The molecular weight excluding hydrogens is 247 g/mol. The molecule has 1 aliphatic rings. The molecule has 1 aromatic heterocycles. The molecule has 2 N–H and O–H groups in total. The van der Waals surface area contributed by atoms with Crippen LogP contribution in [0.25, 0.3) is 10.2 Å². The highest BCUT2D eigenvalue weighted by Gasteiger charge is 2.35. The number of nitrogens with zero attached hydrogens (tertiary/aromatic N) is 1. The topological polar surface area (TPSA) is 38.9 Å². The Morgan fingerprint density at radius 1 is 1.50 bits per heavy atom. The lowest BCUT2D eigenvalue weighted by molar-refractivity contribution is 0.239. The first-order chi connectivity index (χ1) is 8.57. The number of aromatic nitrogens is 1. The molecule has 3 rings (SSSR count). The molecule has 0 bridgehead atoms. The van der Waals surface area contributed by atoms with Crippen LogP contribution in [0.15, 0.2) is 18.2 Å². The van der Waals surface area contributed by atoms with Gasteiger partial charge in [0, 0.05) is 0 Å². The van der Waals surface area contributed by atoms with Crippen LogP contribution in [-0.2, 0) is 5.54 Å². The van der Waals surface area contributed by atoms with E-state index in [9.17, 15) is 4.39 Å². The van der Waals surface area contributed by atoms with E-state index in [1.54, 1.807) is 23.5 Å². The van der Waals surface area contributed by atoms with E-state index in [1.165, 1.54) is 12.5 Å². The number of hydrogen-bond acceptors (Lipinski definition) is 3. The fourth-order valence-electron chi connectivity index (χ4n) is 2.90. The van der Waals surface area contributed by atoms with E-state index < -0.39 is 0 Å². The van der Waals surface area contributed by atoms with Crippen molar-refractivity contribution in [2.24, 2.45) is 11.7 Å². The predicted octanol–water partition coefficient (Wildman–Crippen LogP) is 3.80. The monoisotopic (exact) mass is 264 g/mol. The summed E-state index contributed by atoms with van der Waals surface area (Å²) in [6, 6.07) is 4.74. The van der Waals surface area contributed by atoms with E-state index >= 15 is 0 Å². The summed E-state index contributed by atoms with van der Waals surface area (Å²) in [5.74, 6) is 0.438. The zero-order chi connectivity index (χ0) is 12.8. The van der Waals surface area contributed by atoms with Crippen LogP contribution in [0.2, 0.25) is 0 Å². The van der Waals surface area contributed by atoms with Crippen molar-refractivity contribution in [2.75, 3.05) is 0 Å². The number of nitrogens with two attached hydrogens (primary N) is 1. The number of rotatable bonds is 1. The lowest BCUT2D eigenvalue weighted by Crippen LogP contribution is -2.40. The lowest BCUT2D eigenvalue weighted by Gasteiger charge is -2.35. The van der Waals surface area contributed by atoms with Crippen molar-refractivity contribution in [1.82, 2.24) is 4.98 Å². The smallest absolute Gasteiger partial charge is 0.124 e. The van der Waals surface area contributed by atoms with E-state index in [4.69, 9.17) is 5.73 Å². The van der Waals surface area contributed by atoms with Crippen molar-refractivity contribution in [2.45, 2.75) is 38.1 Å². The van der Waals surface area contributed by atoms with Gasteiger partial charge in [0.2, 0.25) is 0 Å². The molecule has 2 nitrogen and oxygen atoms in total. The third kappa shape index (κ3) is 2.04. The molecule has 18 heavy (non-hydrogen) atoms. The third-order valence-corrected chi connectivity index (χ3v) is 5.05. The molecule has 1 heterocycles. The van der Waals surface area contributed by atoms with E-state index in [-0.39, 0.29) is 11.4 Å². The summed E-state index contributed by atoms with van der Waals surface area (Å²) in [5, 5.41) is 0.967. The number of benzene rings is 1. The molecule has 1 fully saturated rings. The Labute approximate surface area is 110 Å². The fourth-order valence-corrected chi connectivity index (χ4v) is 4.03. The van der Waals surface area contributed by atoms with Crippen LogP contribution in [0, 0.1) is 11.7 Å². The van der Waals surface area contributed by atoms with Crippen molar-refractivity contribution in [3.63, 3.8) is 0 Å². The highest BCUT2D eigenvalue weighted by atomic mass is 32.1. The van der Waals surface area contributed by atoms with Gasteiger partial charge in [0.15, 0.2) is 0 Å². The number of halogens is 1. The first kappa shape index (κ1) is 12.1. The van der Waals surface area contributed by atoms with Crippen LogP contribution in [0.1, 0.15) is 37.6 Å². The molecule has 2 unspecified atom stereocenters. The molecule has 1 aromatic carbocycles. The molecule has 1 aliphatic carbocycles. The molecule has 96 valence electrons. The van der Waals surface area contributed by atoms with Gasteiger partial charge in [-0.05, 0) is 37.0 Å². The van der Waals surface area contributed by atoms with Gasteiger partial charge in [-0.25, -0.2) is 9.37 Å². The first-order valence-corrected chi connectivity index (χ1v) is 7.24. The molecule has 1 saturated carbocycles. The summed E-state index contributed by atoms with van der Waals surface area (Å²) in [6.07, 6.45) is 4.37. The Balaban J connectivity index is 2.03. The Bertz CT molecular complexity index is 580. The maximum absolute atomic E-state index is 13.2. The maximum Gasteiger partial charge on any atom is 0.124 e. The van der Waals surface area contributed by atoms with Crippen molar-refractivity contribution in [1.29, 1.82) is 0 Å². The van der Waals surface area contributed by atoms with Crippen LogP contribution >= 0.6 is 11.3 Å². The molecule has 0 aliphatic heterocycles. The zero-order valence-electron chi connectivity index (χ0n) is 10.4. The molecule has 2 aromatic rings. The van der Waals surface area contributed by atoms with Gasteiger partial charge in [-0.3, -0.25) is 0 Å². The molecule has 0 saturated heterocycles.